The molecule has 0 aliphatic rings. The molecule has 0 aliphatic carbocycles. The van der Waals surface area contributed by atoms with Gasteiger partial charge in [-0.2, -0.15) is 0 Å². The number of hydrogen-bond acceptors (Lipinski definition) is 1. The highest BCUT2D eigenvalue weighted by molar-refractivity contribution is 5.70. The summed E-state index contributed by atoms with van der Waals surface area (Å²) in [5.74, 6) is 4.74. The van der Waals surface area contributed by atoms with Crippen molar-refractivity contribution in [3.8, 4) is 11.8 Å². The molecular weight excluding hydrogens is 188 g/mol. The Kier molecular flexibility index (Phi) is 4.43. The van der Waals surface area contributed by atoms with E-state index < -0.39 is 5.97 Å². The summed E-state index contributed by atoms with van der Waals surface area (Å²) in [6.45, 7) is 1.86. The molecule has 0 aliphatic heterocycles. The third-order valence-electron chi connectivity index (χ3n) is 2.20. The zero-order valence-corrected chi connectivity index (χ0v) is 8.73. The van der Waals surface area contributed by atoms with Crippen LogP contribution in [0.2, 0.25) is 0 Å². The van der Waals surface area contributed by atoms with E-state index in [-0.39, 0.29) is 5.92 Å². The number of carboxylic acid groups (broad SMARTS) is 1. The molecule has 0 heterocycles. The maximum atomic E-state index is 10.7. The van der Waals surface area contributed by atoms with E-state index in [2.05, 4.69) is 11.8 Å². The van der Waals surface area contributed by atoms with Crippen LogP contribution in [0.15, 0.2) is 30.3 Å². The van der Waals surface area contributed by atoms with Crippen LogP contribution in [0.5, 0.6) is 0 Å². The molecule has 78 valence electrons. The molecule has 0 spiro atoms. The van der Waals surface area contributed by atoms with Crippen molar-refractivity contribution in [2.75, 3.05) is 0 Å². The number of hydrogen-bond donors (Lipinski definition) is 1. The fraction of sp³-hybridized carbons (Fsp3) is 0.308. The zero-order valence-electron chi connectivity index (χ0n) is 8.73. The van der Waals surface area contributed by atoms with Gasteiger partial charge < -0.3 is 5.11 Å². The fourth-order valence-corrected chi connectivity index (χ4v) is 1.20. The largest absolute Gasteiger partial charge is 0.481 e. The van der Waals surface area contributed by atoms with Crippen LogP contribution in [-0.4, -0.2) is 11.1 Å². The number of aliphatic carboxylic acids is 1. The van der Waals surface area contributed by atoms with Crippen LogP contribution in [0.4, 0.5) is 0 Å². The summed E-state index contributed by atoms with van der Waals surface area (Å²) in [6, 6.07) is 9.58. The second-order valence-electron chi connectivity index (χ2n) is 3.32. The van der Waals surface area contributed by atoms with E-state index in [0.29, 0.717) is 12.8 Å². The Morgan fingerprint density at radius 1 is 1.40 bits per heavy atom. The molecule has 1 unspecified atom stereocenters. The van der Waals surface area contributed by atoms with Gasteiger partial charge in [0.05, 0.1) is 5.92 Å². The summed E-state index contributed by atoms with van der Waals surface area (Å²) in [7, 11) is 0. The van der Waals surface area contributed by atoms with Crippen molar-refractivity contribution in [1.82, 2.24) is 0 Å². The van der Waals surface area contributed by atoms with Crippen LogP contribution < -0.4 is 0 Å². The Labute approximate surface area is 89.9 Å². The standard InChI is InChI=1S/C13H14O2/c1-2-12(13(14)15)10-6-9-11-7-4-3-5-8-11/h3-5,7-8,12H,2,10H2,1H3,(H,14,15). The van der Waals surface area contributed by atoms with Crippen LogP contribution in [0.1, 0.15) is 25.3 Å². The highest BCUT2D eigenvalue weighted by Crippen LogP contribution is 2.07. The highest BCUT2D eigenvalue weighted by Gasteiger charge is 2.12. The average molecular weight is 202 g/mol. The minimum absolute atomic E-state index is 0.346. The Morgan fingerprint density at radius 3 is 2.60 bits per heavy atom. The summed E-state index contributed by atoms with van der Waals surface area (Å²) in [6.07, 6.45) is 1.04. The van der Waals surface area contributed by atoms with Crippen molar-refractivity contribution < 1.29 is 9.90 Å². The lowest BCUT2D eigenvalue weighted by Gasteiger charge is -2.02. The first-order valence-electron chi connectivity index (χ1n) is 5.00. The SMILES string of the molecule is CCC(CC#Cc1ccccc1)C(=O)O. The molecule has 15 heavy (non-hydrogen) atoms. The lowest BCUT2D eigenvalue weighted by Crippen LogP contribution is -2.11. The maximum Gasteiger partial charge on any atom is 0.307 e. The van der Waals surface area contributed by atoms with Gasteiger partial charge in [-0.1, -0.05) is 37.0 Å². The third-order valence-corrected chi connectivity index (χ3v) is 2.20. The van der Waals surface area contributed by atoms with Gasteiger partial charge in [0.25, 0.3) is 0 Å². The smallest absolute Gasteiger partial charge is 0.307 e. The number of rotatable bonds is 3. The average Bonchev–Trinajstić information content (AvgIpc) is 2.25. The van der Waals surface area contributed by atoms with Gasteiger partial charge in [-0.05, 0) is 18.6 Å². The molecule has 0 amide bonds. The first-order valence-corrected chi connectivity index (χ1v) is 5.00. The Morgan fingerprint density at radius 2 is 2.07 bits per heavy atom. The van der Waals surface area contributed by atoms with Crippen LogP contribution in [0.3, 0.4) is 0 Å². The molecule has 2 heteroatoms. The van der Waals surface area contributed by atoms with Gasteiger partial charge in [0.1, 0.15) is 0 Å². The Hall–Kier alpha value is -1.75. The van der Waals surface area contributed by atoms with E-state index in [0.717, 1.165) is 5.56 Å². The molecule has 0 aromatic heterocycles. The van der Waals surface area contributed by atoms with Crippen molar-refractivity contribution in [3.63, 3.8) is 0 Å². The van der Waals surface area contributed by atoms with Crippen LogP contribution in [-0.2, 0) is 4.79 Å². The highest BCUT2D eigenvalue weighted by atomic mass is 16.4. The first kappa shape index (κ1) is 11.3. The Bertz CT molecular complexity index is 371. The number of carboxylic acids is 1. The van der Waals surface area contributed by atoms with Crippen molar-refractivity contribution >= 4 is 5.97 Å². The second-order valence-corrected chi connectivity index (χ2v) is 3.32. The van der Waals surface area contributed by atoms with Crippen molar-refractivity contribution in [3.05, 3.63) is 35.9 Å². The fourth-order valence-electron chi connectivity index (χ4n) is 1.20. The third kappa shape index (κ3) is 3.86. The quantitative estimate of drug-likeness (QED) is 0.765. The van der Waals surface area contributed by atoms with Gasteiger partial charge in [0, 0.05) is 12.0 Å². The monoisotopic (exact) mass is 202 g/mol. The van der Waals surface area contributed by atoms with E-state index in [1.165, 1.54) is 0 Å². The second kappa shape index (κ2) is 5.87. The van der Waals surface area contributed by atoms with E-state index >= 15 is 0 Å². The van der Waals surface area contributed by atoms with E-state index in [9.17, 15) is 4.79 Å². The minimum Gasteiger partial charge on any atom is -0.481 e. The first-order chi connectivity index (χ1) is 7.24. The summed E-state index contributed by atoms with van der Waals surface area (Å²) in [4.78, 5) is 10.7. The normalized spacial score (nSPS) is 11.3. The lowest BCUT2D eigenvalue weighted by molar-refractivity contribution is -0.141. The summed E-state index contributed by atoms with van der Waals surface area (Å²) >= 11 is 0. The van der Waals surface area contributed by atoms with E-state index in [1.807, 2.05) is 37.3 Å². The molecule has 0 fully saturated rings. The summed E-state index contributed by atoms with van der Waals surface area (Å²) in [5.41, 5.74) is 0.928. The molecule has 1 aromatic rings. The Balaban J connectivity index is 2.56. The predicted octanol–water partition coefficient (Wildman–Crippen LogP) is 2.54. The van der Waals surface area contributed by atoms with Crippen molar-refractivity contribution in [2.45, 2.75) is 19.8 Å². The number of benzene rings is 1. The summed E-state index contributed by atoms with van der Waals surface area (Å²) < 4.78 is 0. The predicted molar refractivity (Wildman–Crippen MR) is 59.4 cm³/mol. The topological polar surface area (TPSA) is 37.3 Å². The zero-order chi connectivity index (χ0) is 11.1. The van der Waals surface area contributed by atoms with Crippen LogP contribution in [0.25, 0.3) is 0 Å². The van der Waals surface area contributed by atoms with Gasteiger partial charge in [0.2, 0.25) is 0 Å². The molecule has 2 nitrogen and oxygen atoms in total. The van der Waals surface area contributed by atoms with Crippen LogP contribution >= 0.6 is 0 Å². The van der Waals surface area contributed by atoms with Gasteiger partial charge in [-0.25, -0.2) is 0 Å². The van der Waals surface area contributed by atoms with Crippen molar-refractivity contribution in [2.24, 2.45) is 5.92 Å². The molecular formula is C13H14O2. The molecule has 1 rings (SSSR count). The molecule has 0 bridgehead atoms. The summed E-state index contributed by atoms with van der Waals surface area (Å²) in [5, 5.41) is 8.80. The molecule has 0 radical (unpaired) electrons. The van der Waals surface area contributed by atoms with Gasteiger partial charge in [-0.3, -0.25) is 4.79 Å². The van der Waals surface area contributed by atoms with E-state index in [4.69, 9.17) is 5.11 Å². The van der Waals surface area contributed by atoms with E-state index in [1.54, 1.807) is 0 Å². The molecule has 1 aromatic carbocycles. The number of carbonyl (C=O) groups is 1. The van der Waals surface area contributed by atoms with Gasteiger partial charge in [-0.15, -0.1) is 0 Å². The molecule has 0 saturated heterocycles. The molecule has 1 atom stereocenters. The van der Waals surface area contributed by atoms with Crippen molar-refractivity contribution in [1.29, 1.82) is 0 Å². The lowest BCUT2D eigenvalue weighted by atomic mass is 10.0. The molecule has 0 saturated carbocycles. The van der Waals surface area contributed by atoms with Crippen LogP contribution in [0, 0.1) is 17.8 Å². The minimum atomic E-state index is -0.764. The maximum absolute atomic E-state index is 10.7. The van der Waals surface area contributed by atoms with Gasteiger partial charge in [0.15, 0.2) is 0 Å². The van der Waals surface area contributed by atoms with Gasteiger partial charge >= 0.3 is 5.97 Å². The molecule has 1 N–H and O–H groups in total.